The van der Waals surface area contributed by atoms with Gasteiger partial charge in [-0.2, -0.15) is 0 Å². The molecule has 0 unspecified atom stereocenters. The van der Waals surface area contributed by atoms with E-state index in [0.717, 1.165) is 18.5 Å². The lowest BCUT2D eigenvalue weighted by molar-refractivity contribution is -0.140. The number of piperidine rings is 1. The molecular formula is C18H20N4O3S. The Morgan fingerprint density at radius 2 is 2.23 bits per heavy atom. The van der Waals surface area contributed by atoms with Crippen LogP contribution < -0.4 is 4.74 Å². The van der Waals surface area contributed by atoms with E-state index in [1.165, 1.54) is 18.4 Å². The monoisotopic (exact) mass is 372 g/mol. The summed E-state index contributed by atoms with van der Waals surface area (Å²) in [6, 6.07) is 3.37. The number of fused-ring (bicyclic) bond motifs is 4. The van der Waals surface area contributed by atoms with Gasteiger partial charge in [0.2, 0.25) is 11.8 Å². The van der Waals surface area contributed by atoms with Crippen molar-refractivity contribution in [2.75, 3.05) is 20.2 Å². The van der Waals surface area contributed by atoms with Gasteiger partial charge in [0.1, 0.15) is 0 Å². The third-order valence-electron chi connectivity index (χ3n) is 5.09. The number of ether oxygens (including phenoxy) is 1. The van der Waals surface area contributed by atoms with Crippen LogP contribution in [0.15, 0.2) is 29.2 Å². The molecule has 0 aliphatic carbocycles. The first-order chi connectivity index (χ1) is 12.7. The molecule has 8 heteroatoms. The molecule has 3 fully saturated rings. The highest BCUT2D eigenvalue weighted by Gasteiger charge is 2.42. The summed E-state index contributed by atoms with van der Waals surface area (Å²) in [7, 11) is 1.53. The van der Waals surface area contributed by atoms with Gasteiger partial charge in [0, 0.05) is 42.3 Å². The maximum Gasteiger partial charge on any atom is 0.254 e. The lowest BCUT2D eigenvalue weighted by Crippen LogP contribution is -2.47. The van der Waals surface area contributed by atoms with Gasteiger partial charge >= 0.3 is 0 Å². The van der Waals surface area contributed by atoms with Crippen LogP contribution in [0, 0.1) is 5.92 Å². The third kappa shape index (κ3) is 3.16. The van der Waals surface area contributed by atoms with E-state index in [1.54, 1.807) is 28.7 Å². The van der Waals surface area contributed by atoms with Gasteiger partial charge in [-0.1, -0.05) is 0 Å². The molecule has 2 atom stereocenters. The lowest BCUT2D eigenvalue weighted by atomic mass is 9.94. The van der Waals surface area contributed by atoms with E-state index >= 15 is 0 Å². The molecule has 136 valence electrons. The molecule has 0 spiro atoms. The fraction of sp³-hybridized carbons (Fsp3) is 0.444. The number of rotatable bonds is 4. The molecule has 0 saturated carbocycles. The molecule has 5 rings (SSSR count). The summed E-state index contributed by atoms with van der Waals surface area (Å²) >= 11 is 1.53. The fourth-order valence-electron chi connectivity index (χ4n) is 3.74. The van der Waals surface area contributed by atoms with Crippen LogP contribution in [0.25, 0.3) is 0 Å². The lowest BCUT2D eigenvalue weighted by Gasteiger charge is -2.35. The summed E-state index contributed by atoms with van der Waals surface area (Å²) in [6.07, 6.45) is 3.32. The summed E-state index contributed by atoms with van der Waals surface area (Å²) in [5, 5.41) is 1.97. The predicted octanol–water partition coefficient (Wildman–Crippen LogP) is 1.81. The quantitative estimate of drug-likeness (QED) is 0.818. The van der Waals surface area contributed by atoms with Crippen molar-refractivity contribution in [2.24, 2.45) is 5.92 Å². The average molecular weight is 372 g/mol. The highest BCUT2D eigenvalue weighted by atomic mass is 32.1. The molecule has 3 saturated heterocycles. The van der Waals surface area contributed by atoms with Crippen LogP contribution in [0.5, 0.6) is 5.88 Å². The van der Waals surface area contributed by atoms with Crippen molar-refractivity contribution in [3.05, 3.63) is 40.5 Å². The minimum atomic E-state index is -0.139. The van der Waals surface area contributed by atoms with Gasteiger partial charge in [0.15, 0.2) is 0 Å². The Labute approximate surface area is 155 Å². The number of thiazole rings is 1. The fourth-order valence-corrected chi connectivity index (χ4v) is 4.29. The van der Waals surface area contributed by atoms with E-state index in [2.05, 4.69) is 9.97 Å². The smallest absolute Gasteiger partial charge is 0.254 e. The van der Waals surface area contributed by atoms with Gasteiger partial charge in [0.25, 0.3) is 5.91 Å². The normalized spacial score (nSPS) is 22.4. The molecule has 0 radical (unpaired) electrons. The van der Waals surface area contributed by atoms with Crippen LogP contribution in [-0.4, -0.2) is 57.8 Å². The summed E-state index contributed by atoms with van der Waals surface area (Å²) in [5.41, 5.74) is 3.23. The van der Waals surface area contributed by atoms with Gasteiger partial charge in [-0.05, 0) is 18.9 Å². The molecule has 2 amide bonds. The van der Waals surface area contributed by atoms with Crippen LogP contribution in [0.4, 0.5) is 0 Å². The number of hydrogen-bond acceptors (Lipinski definition) is 6. The first kappa shape index (κ1) is 17.0. The molecule has 26 heavy (non-hydrogen) atoms. The second-order valence-electron chi connectivity index (χ2n) is 6.67. The highest BCUT2D eigenvalue weighted by molar-refractivity contribution is 7.07. The first-order valence-corrected chi connectivity index (χ1v) is 9.57. The molecular weight excluding hydrogens is 352 g/mol. The third-order valence-corrected chi connectivity index (χ3v) is 5.72. The van der Waals surface area contributed by atoms with Crippen LogP contribution in [0.1, 0.15) is 28.9 Å². The number of carbonyl (C=O) groups is 2. The topological polar surface area (TPSA) is 75.6 Å². The molecule has 0 aromatic carbocycles. The minimum Gasteiger partial charge on any atom is -0.481 e. The Bertz CT molecular complexity index is 811. The Morgan fingerprint density at radius 1 is 1.35 bits per heavy atom. The van der Waals surface area contributed by atoms with E-state index in [1.807, 2.05) is 10.3 Å². The van der Waals surface area contributed by atoms with Crippen LogP contribution in [-0.2, 0) is 11.3 Å². The molecule has 5 heterocycles. The predicted molar refractivity (Wildman–Crippen MR) is 95.9 cm³/mol. The molecule has 2 bridgehead atoms. The SMILES string of the molecule is COc1cc(C(=O)N2C[C@@H]3CC[C@H](C2)N(Cc2cscn2)C3=O)ccn1. The number of nitrogens with zero attached hydrogens (tertiary/aromatic N) is 4. The zero-order chi connectivity index (χ0) is 18.1. The molecule has 7 nitrogen and oxygen atoms in total. The second kappa shape index (κ2) is 7.03. The largest absolute Gasteiger partial charge is 0.481 e. The molecule has 0 N–H and O–H groups in total. The van der Waals surface area contributed by atoms with E-state index in [-0.39, 0.29) is 23.8 Å². The number of aromatic nitrogens is 2. The minimum absolute atomic E-state index is 0.0376. The van der Waals surface area contributed by atoms with E-state index < -0.39 is 0 Å². The second-order valence-corrected chi connectivity index (χ2v) is 7.39. The Morgan fingerprint density at radius 3 is 3.00 bits per heavy atom. The van der Waals surface area contributed by atoms with E-state index in [0.29, 0.717) is 31.1 Å². The van der Waals surface area contributed by atoms with Gasteiger partial charge in [-0.15, -0.1) is 11.3 Å². The Balaban J connectivity index is 1.55. The first-order valence-electron chi connectivity index (χ1n) is 8.62. The van der Waals surface area contributed by atoms with Crippen molar-refractivity contribution in [2.45, 2.75) is 25.4 Å². The van der Waals surface area contributed by atoms with Crippen molar-refractivity contribution in [3.63, 3.8) is 0 Å². The highest BCUT2D eigenvalue weighted by Crippen LogP contribution is 2.31. The van der Waals surface area contributed by atoms with Gasteiger partial charge in [0.05, 0.1) is 30.8 Å². The Hall–Kier alpha value is -2.48. The zero-order valence-electron chi connectivity index (χ0n) is 14.5. The van der Waals surface area contributed by atoms with Gasteiger partial charge < -0.3 is 14.5 Å². The van der Waals surface area contributed by atoms with E-state index in [9.17, 15) is 9.59 Å². The molecule has 3 aliphatic heterocycles. The summed E-state index contributed by atoms with van der Waals surface area (Å²) in [6.45, 7) is 1.54. The molecule has 3 aliphatic rings. The summed E-state index contributed by atoms with van der Waals surface area (Å²) < 4.78 is 5.11. The van der Waals surface area contributed by atoms with Crippen molar-refractivity contribution >= 4 is 23.2 Å². The number of pyridine rings is 1. The van der Waals surface area contributed by atoms with Crippen LogP contribution in [0.3, 0.4) is 0 Å². The van der Waals surface area contributed by atoms with Crippen molar-refractivity contribution in [1.29, 1.82) is 0 Å². The summed E-state index contributed by atoms with van der Waals surface area (Å²) in [4.78, 5) is 37.9. The number of hydrogen-bond donors (Lipinski definition) is 0. The maximum atomic E-state index is 13.0. The zero-order valence-corrected chi connectivity index (χ0v) is 15.3. The van der Waals surface area contributed by atoms with E-state index in [4.69, 9.17) is 4.74 Å². The van der Waals surface area contributed by atoms with Crippen LogP contribution in [0.2, 0.25) is 0 Å². The number of carbonyl (C=O) groups excluding carboxylic acids is 2. The van der Waals surface area contributed by atoms with Gasteiger partial charge in [-0.3, -0.25) is 9.59 Å². The number of methoxy groups -OCH3 is 1. The average Bonchev–Trinajstić information content (AvgIpc) is 3.04. The summed E-state index contributed by atoms with van der Waals surface area (Å²) in [5.74, 6) is 0.331. The molecule has 2 aromatic rings. The standard InChI is InChI=1S/C18H20N4O3S/c1-25-16-6-12(4-5-19-16)17(23)21-7-13-2-3-15(9-21)22(18(13)24)8-14-10-26-11-20-14/h4-6,10-11,13,15H,2-3,7-9H2,1H3/t13-,15+/m0/s1. The van der Waals surface area contributed by atoms with Gasteiger partial charge in [-0.25, -0.2) is 9.97 Å². The maximum absolute atomic E-state index is 13.0. The molecule has 2 aromatic heterocycles. The van der Waals surface area contributed by atoms with Crippen molar-refractivity contribution < 1.29 is 14.3 Å². The van der Waals surface area contributed by atoms with Crippen LogP contribution >= 0.6 is 11.3 Å². The van der Waals surface area contributed by atoms with Crippen molar-refractivity contribution in [1.82, 2.24) is 19.8 Å². The van der Waals surface area contributed by atoms with Crippen molar-refractivity contribution in [3.8, 4) is 5.88 Å². The Kier molecular flexibility index (Phi) is 4.58. The number of amides is 2.